The van der Waals surface area contributed by atoms with Gasteiger partial charge in [-0.25, -0.2) is 0 Å². The van der Waals surface area contributed by atoms with Crippen molar-refractivity contribution in [2.75, 3.05) is 20.1 Å². The molecule has 35 heavy (non-hydrogen) atoms. The molecule has 5 rings (SSSR count). The first-order valence-corrected chi connectivity index (χ1v) is 13.1. The van der Waals surface area contributed by atoms with Gasteiger partial charge in [0.15, 0.2) is 0 Å². The van der Waals surface area contributed by atoms with Crippen molar-refractivity contribution in [1.82, 2.24) is 9.80 Å². The van der Waals surface area contributed by atoms with Crippen molar-refractivity contribution >= 4 is 27.3 Å². The molecule has 0 bridgehead atoms. The smallest absolute Gasteiger partial charge is 0.253 e. The zero-order chi connectivity index (χ0) is 24.2. The standard InChI is InChI=1S/C30H32N2O2S/c1-22-7-11-24(12-8-22)30(33)32-17-15-27(16-18-32)34-26-13-9-23(10-14-26)20-31(2)21-28-19-25-5-3-4-6-29(25)35-28/h3-14,19,27H,15-18,20-21H2,1-2H3. The zero-order valence-corrected chi connectivity index (χ0v) is 21.3. The van der Waals surface area contributed by atoms with Crippen molar-refractivity contribution in [3.8, 4) is 5.75 Å². The quantitative estimate of drug-likeness (QED) is 0.299. The molecule has 1 amide bonds. The van der Waals surface area contributed by atoms with E-state index in [0.29, 0.717) is 0 Å². The summed E-state index contributed by atoms with van der Waals surface area (Å²) >= 11 is 1.87. The molecule has 4 aromatic rings. The van der Waals surface area contributed by atoms with Gasteiger partial charge in [-0.3, -0.25) is 9.69 Å². The van der Waals surface area contributed by atoms with E-state index in [0.717, 1.165) is 50.3 Å². The number of likely N-dealkylation sites (tertiary alicyclic amines) is 1. The van der Waals surface area contributed by atoms with Crippen LogP contribution in [0.2, 0.25) is 0 Å². The second-order valence-corrected chi connectivity index (χ2v) is 10.7. The summed E-state index contributed by atoms with van der Waals surface area (Å²) in [5, 5.41) is 1.33. The van der Waals surface area contributed by atoms with Crippen molar-refractivity contribution in [3.63, 3.8) is 0 Å². The minimum absolute atomic E-state index is 0.118. The topological polar surface area (TPSA) is 32.8 Å². The van der Waals surface area contributed by atoms with E-state index in [1.54, 1.807) is 0 Å². The van der Waals surface area contributed by atoms with Crippen LogP contribution in [0.5, 0.6) is 5.75 Å². The SMILES string of the molecule is Cc1ccc(C(=O)N2CCC(Oc3ccc(CN(C)Cc4cc5ccccc5s4)cc3)CC2)cc1. The van der Waals surface area contributed by atoms with E-state index >= 15 is 0 Å². The van der Waals surface area contributed by atoms with Gasteiger partial charge < -0.3 is 9.64 Å². The minimum Gasteiger partial charge on any atom is -0.490 e. The highest BCUT2D eigenvalue weighted by Crippen LogP contribution is 2.27. The molecule has 3 aromatic carbocycles. The third kappa shape index (κ3) is 5.92. The number of rotatable bonds is 7. The first kappa shape index (κ1) is 23.6. The van der Waals surface area contributed by atoms with Crippen LogP contribution in [0.15, 0.2) is 78.9 Å². The third-order valence-electron chi connectivity index (χ3n) is 6.61. The maximum absolute atomic E-state index is 12.7. The number of carbonyl (C=O) groups is 1. The number of benzene rings is 3. The number of piperidine rings is 1. The maximum atomic E-state index is 12.7. The van der Waals surface area contributed by atoms with Crippen LogP contribution in [-0.4, -0.2) is 41.9 Å². The van der Waals surface area contributed by atoms with E-state index in [1.165, 1.54) is 26.1 Å². The Kier molecular flexibility index (Phi) is 7.16. The van der Waals surface area contributed by atoms with Crippen LogP contribution >= 0.6 is 11.3 Å². The molecule has 0 radical (unpaired) electrons. The summed E-state index contributed by atoms with van der Waals surface area (Å²) in [6.07, 6.45) is 1.87. The molecule has 1 fully saturated rings. The number of amides is 1. The molecule has 1 aliphatic heterocycles. The molecule has 5 heteroatoms. The van der Waals surface area contributed by atoms with E-state index in [9.17, 15) is 4.79 Å². The molecule has 0 N–H and O–H groups in total. The normalized spacial score (nSPS) is 14.5. The zero-order valence-electron chi connectivity index (χ0n) is 20.4. The predicted octanol–water partition coefficient (Wildman–Crippen LogP) is 6.53. The van der Waals surface area contributed by atoms with Gasteiger partial charge in [-0.05, 0) is 61.3 Å². The molecule has 1 saturated heterocycles. The summed E-state index contributed by atoms with van der Waals surface area (Å²) in [6, 6.07) is 27.2. The number of carbonyl (C=O) groups excluding carboxylic acids is 1. The summed E-state index contributed by atoms with van der Waals surface area (Å²) in [5.74, 6) is 1.02. The lowest BCUT2D eigenvalue weighted by molar-refractivity contribution is 0.0595. The minimum atomic E-state index is 0.118. The maximum Gasteiger partial charge on any atom is 0.253 e. The van der Waals surface area contributed by atoms with Crippen LogP contribution in [0.3, 0.4) is 0 Å². The second kappa shape index (κ2) is 10.6. The van der Waals surface area contributed by atoms with E-state index in [1.807, 2.05) is 47.4 Å². The number of fused-ring (bicyclic) bond motifs is 1. The fraction of sp³-hybridized carbons (Fsp3) is 0.300. The van der Waals surface area contributed by atoms with Gasteiger partial charge in [0.25, 0.3) is 5.91 Å². The van der Waals surface area contributed by atoms with Crippen LogP contribution in [0.25, 0.3) is 10.1 Å². The Morgan fingerprint density at radius 1 is 0.971 bits per heavy atom. The van der Waals surface area contributed by atoms with Crippen molar-refractivity contribution in [2.24, 2.45) is 0 Å². The van der Waals surface area contributed by atoms with Crippen molar-refractivity contribution in [1.29, 1.82) is 0 Å². The first-order chi connectivity index (χ1) is 17.0. The lowest BCUT2D eigenvalue weighted by Crippen LogP contribution is -2.41. The highest BCUT2D eigenvalue weighted by molar-refractivity contribution is 7.19. The monoisotopic (exact) mass is 484 g/mol. The Hall–Kier alpha value is -3.15. The Balaban J connectivity index is 1.09. The van der Waals surface area contributed by atoms with Crippen LogP contribution < -0.4 is 4.74 Å². The number of thiophene rings is 1. The lowest BCUT2D eigenvalue weighted by atomic mass is 10.1. The van der Waals surface area contributed by atoms with E-state index in [-0.39, 0.29) is 12.0 Å². The van der Waals surface area contributed by atoms with Gasteiger partial charge >= 0.3 is 0 Å². The average Bonchev–Trinajstić information content (AvgIpc) is 3.28. The molecule has 2 heterocycles. The van der Waals surface area contributed by atoms with E-state index < -0.39 is 0 Å². The van der Waals surface area contributed by atoms with Crippen LogP contribution in [0.4, 0.5) is 0 Å². The molecule has 0 spiro atoms. The van der Waals surface area contributed by atoms with Gasteiger partial charge in [-0.15, -0.1) is 11.3 Å². The largest absolute Gasteiger partial charge is 0.490 e. The van der Waals surface area contributed by atoms with Crippen molar-refractivity contribution in [2.45, 2.75) is 39.0 Å². The summed E-state index contributed by atoms with van der Waals surface area (Å²) in [7, 11) is 2.17. The molecule has 0 atom stereocenters. The highest BCUT2D eigenvalue weighted by Gasteiger charge is 2.24. The van der Waals surface area contributed by atoms with Gasteiger partial charge in [0.05, 0.1) is 0 Å². The van der Waals surface area contributed by atoms with Gasteiger partial charge in [-0.2, -0.15) is 0 Å². The van der Waals surface area contributed by atoms with Gasteiger partial charge in [0, 0.05) is 54.2 Å². The Morgan fingerprint density at radius 2 is 1.69 bits per heavy atom. The highest BCUT2D eigenvalue weighted by atomic mass is 32.1. The predicted molar refractivity (Wildman–Crippen MR) is 144 cm³/mol. The van der Waals surface area contributed by atoms with Crippen LogP contribution in [0, 0.1) is 6.92 Å². The Labute approximate surface area is 211 Å². The molecule has 0 aliphatic carbocycles. The number of hydrogen-bond acceptors (Lipinski definition) is 4. The second-order valence-electron chi connectivity index (χ2n) is 9.54. The van der Waals surface area contributed by atoms with Crippen molar-refractivity contribution in [3.05, 3.63) is 100 Å². The van der Waals surface area contributed by atoms with E-state index in [2.05, 4.69) is 66.5 Å². The third-order valence-corrected chi connectivity index (χ3v) is 7.71. The van der Waals surface area contributed by atoms with Crippen LogP contribution in [-0.2, 0) is 13.1 Å². The number of aryl methyl sites for hydroxylation is 1. The number of hydrogen-bond donors (Lipinski definition) is 0. The summed E-state index contributed by atoms with van der Waals surface area (Å²) in [4.78, 5) is 18.4. The van der Waals surface area contributed by atoms with E-state index in [4.69, 9.17) is 4.74 Å². The molecule has 1 aromatic heterocycles. The van der Waals surface area contributed by atoms with Gasteiger partial charge in [-0.1, -0.05) is 48.0 Å². The van der Waals surface area contributed by atoms with Gasteiger partial charge in [0.2, 0.25) is 0 Å². The molecule has 180 valence electrons. The molecule has 0 unspecified atom stereocenters. The molecule has 1 aliphatic rings. The first-order valence-electron chi connectivity index (χ1n) is 12.3. The van der Waals surface area contributed by atoms with Crippen LogP contribution in [0.1, 0.15) is 39.2 Å². The average molecular weight is 485 g/mol. The summed E-state index contributed by atoms with van der Waals surface area (Å²) < 4.78 is 7.59. The van der Waals surface area contributed by atoms with Gasteiger partial charge in [0.1, 0.15) is 11.9 Å². The molecule has 0 saturated carbocycles. The fourth-order valence-electron chi connectivity index (χ4n) is 4.67. The summed E-state index contributed by atoms with van der Waals surface area (Å²) in [6.45, 7) is 5.34. The number of nitrogens with zero attached hydrogens (tertiary/aromatic N) is 2. The Morgan fingerprint density at radius 3 is 2.40 bits per heavy atom. The van der Waals surface area contributed by atoms with Crippen molar-refractivity contribution < 1.29 is 9.53 Å². The Bertz CT molecular complexity index is 1240. The molecular formula is C30H32N2O2S. The lowest BCUT2D eigenvalue weighted by Gasteiger charge is -2.32. The summed E-state index contributed by atoms with van der Waals surface area (Å²) in [5.41, 5.74) is 3.21. The fourth-order valence-corrected chi connectivity index (χ4v) is 5.81. The molecule has 4 nitrogen and oxygen atoms in total. The molecular weight excluding hydrogens is 452 g/mol. The number of ether oxygens (including phenoxy) is 1.